The quantitative estimate of drug-likeness (QED) is 0.786. The average Bonchev–Trinajstić information content (AvgIpc) is 2.74. The molecule has 1 aromatic heterocycles. The Labute approximate surface area is 104 Å². The van der Waals surface area contributed by atoms with E-state index in [1.807, 2.05) is 24.4 Å². The molecular weight excluding hydrogens is 236 g/mol. The number of esters is 1. The minimum atomic E-state index is -0.210. The van der Waals surface area contributed by atoms with Gasteiger partial charge in [0.2, 0.25) is 0 Å². The normalized spacial score (nSPS) is 10.5. The molecule has 0 N–H and O–H groups in total. The zero-order valence-corrected chi connectivity index (χ0v) is 10.9. The van der Waals surface area contributed by atoms with E-state index in [-0.39, 0.29) is 5.97 Å². The van der Waals surface area contributed by atoms with Crippen molar-refractivity contribution in [1.82, 2.24) is 0 Å². The first-order valence-electron chi connectivity index (χ1n) is 5.28. The highest BCUT2D eigenvalue weighted by Crippen LogP contribution is 2.34. The van der Waals surface area contributed by atoms with Crippen molar-refractivity contribution in [2.45, 2.75) is 13.3 Å². The highest BCUT2D eigenvalue weighted by Gasteiger charge is 2.12. The number of thiophene rings is 1. The van der Waals surface area contributed by atoms with Gasteiger partial charge in [0.15, 0.2) is 0 Å². The maximum absolute atomic E-state index is 11.3. The van der Waals surface area contributed by atoms with Crippen LogP contribution in [0.15, 0.2) is 17.5 Å². The van der Waals surface area contributed by atoms with Gasteiger partial charge in [-0.1, -0.05) is 0 Å². The fraction of sp³-hybridized carbons (Fsp3) is 0.308. The molecule has 0 aliphatic rings. The summed E-state index contributed by atoms with van der Waals surface area (Å²) in [6, 6.07) is 3.93. The Balaban J connectivity index is 2.48. The molecule has 0 unspecified atom stereocenters. The van der Waals surface area contributed by atoms with Crippen molar-refractivity contribution in [3.8, 4) is 5.75 Å². The molecule has 1 aromatic carbocycles. The number of benzene rings is 1. The van der Waals surface area contributed by atoms with Gasteiger partial charge in [0.25, 0.3) is 0 Å². The third kappa shape index (κ3) is 2.13. The molecule has 4 heteroatoms. The molecule has 0 fully saturated rings. The predicted molar refractivity (Wildman–Crippen MR) is 68.8 cm³/mol. The standard InChI is InChI=1S/C13H14O3S/c1-8-11(15-2)5-4-10-9(6-12(14)16-3)7-17-13(8)10/h4-5,7H,6H2,1-3H3. The number of aryl methyl sites for hydroxylation is 1. The van der Waals surface area contributed by atoms with Crippen LogP contribution in [-0.4, -0.2) is 20.2 Å². The van der Waals surface area contributed by atoms with Gasteiger partial charge in [0.1, 0.15) is 5.75 Å². The summed E-state index contributed by atoms with van der Waals surface area (Å²) in [4.78, 5) is 11.3. The van der Waals surface area contributed by atoms with Crippen LogP contribution in [0.2, 0.25) is 0 Å². The van der Waals surface area contributed by atoms with Gasteiger partial charge in [-0.2, -0.15) is 0 Å². The van der Waals surface area contributed by atoms with Gasteiger partial charge in [-0.15, -0.1) is 11.3 Å². The topological polar surface area (TPSA) is 35.5 Å². The Kier molecular flexibility index (Phi) is 3.33. The first-order chi connectivity index (χ1) is 8.17. The fourth-order valence-electron chi connectivity index (χ4n) is 1.86. The van der Waals surface area contributed by atoms with Crippen molar-refractivity contribution in [3.63, 3.8) is 0 Å². The van der Waals surface area contributed by atoms with Crippen molar-refractivity contribution in [3.05, 3.63) is 28.6 Å². The fourth-order valence-corrected chi connectivity index (χ4v) is 2.93. The molecule has 0 radical (unpaired) electrons. The molecule has 1 heterocycles. The number of carbonyl (C=O) groups excluding carboxylic acids is 1. The molecule has 0 amide bonds. The van der Waals surface area contributed by atoms with Crippen LogP contribution in [0.3, 0.4) is 0 Å². The molecule has 0 spiro atoms. The van der Waals surface area contributed by atoms with Gasteiger partial charge in [0, 0.05) is 10.3 Å². The first-order valence-corrected chi connectivity index (χ1v) is 6.15. The second kappa shape index (κ2) is 4.75. The van der Waals surface area contributed by atoms with E-state index in [2.05, 4.69) is 4.74 Å². The lowest BCUT2D eigenvalue weighted by molar-refractivity contribution is -0.139. The number of hydrogen-bond acceptors (Lipinski definition) is 4. The number of methoxy groups -OCH3 is 2. The van der Waals surface area contributed by atoms with E-state index in [0.29, 0.717) is 6.42 Å². The monoisotopic (exact) mass is 250 g/mol. The van der Waals surface area contributed by atoms with Crippen molar-refractivity contribution in [2.75, 3.05) is 14.2 Å². The minimum Gasteiger partial charge on any atom is -0.496 e. The van der Waals surface area contributed by atoms with Crippen LogP contribution in [0.1, 0.15) is 11.1 Å². The lowest BCUT2D eigenvalue weighted by atomic mass is 10.1. The van der Waals surface area contributed by atoms with E-state index in [0.717, 1.165) is 22.3 Å². The molecular formula is C13H14O3S. The van der Waals surface area contributed by atoms with Crippen molar-refractivity contribution >= 4 is 27.4 Å². The van der Waals surface area contributed by atoms with Crippen molar-refractivity contribution in [1.29, 1.82) is 0 Å². The van der Waals surface area contributed by atoms with E-state index in [1.165, 1.54) is 11.8 Å². The van der Waals surface area contributed by atoms with Gasteiger partial charge in [-0.05, 0) is 35.4 Å². The summed E-state index contributed by atoms with van der Waals surface area (Å²) in [6.45, 7) is 2.03. The third-order valence-electron chi connectivity index (χ3n) is 2.80. The summed E-state index contributed by atoms with van der Waals surface area (Å²) in [7, 11) is 3.07. The molecule has 0 atom stereocenters. The van der Waals surface area contributed by atoms with Crippen molar-refractivity contribution < 1.29 is 14.3 Å². The van der Waals surface area contributed by atoms with Crippen LogP contribution in [0.25, 0.3) is 10.1 Å². The van der Waals surface area contributed by atoms with Crippen LogP contribution in [-0.2, 0) is 16.0 Å². The van der Waals surface area contributed by atoms with Crippen LogP contribution in [0.4, 0.5) is 0 Å². The smallest absolute Gasteiger partial charge is 0.310 e. The Morgan fingerprint density at radius 1 is 1.35 bits per heavy atom. The van der Waals surface area contributed by atoms with Crippen LogP contribution in [0.5, 0.6) is 5.75 Å². The Morgan fingerprint density at radius 3 is 2.76 bits per heavy atom. The Morgan fingerprint density at radius 2 is 2.12 bits per heavy atom. The summed E-state index contributed by atoms with van der Waals surface area (Å²) >= 11 is 1.63. The molecule has 2 aromatic rings. The van der Waals surface area contributed by atoms with E-state index >= 15 is 0 Å². The van der Waals surface area contributed by atoms with Crippen LogP contribution < -0.4 is 4.74 Å². The van der Waals surface area contributed by atoms with E-state index < -0.39 is 0 Å². The number of hydrogen-bond donors (Lipinski definition) is 0. The largest absolute Gasteiger partial charge is 0.496 e. The number of rotatable bonds is 3. The van der Waals surface area contributed by atoms with E-state index in [9.17, 15) is 4.79 Å². The molecule has 3 nitrogen and oxygen atoms in total. The second-order valence-corrected chi connectivity index (χ2v) is 4.66. The molecule has 0 bridgehead atoms. The summed E-state index contributed by atoms with van der Waals surface area (Å²) in [5.41, 5.74) is 2.13. The molecule has 90 valence electrons. The summed E-state index contributed by atoms with van der Waals surface area (Å²) in [6.07, 6.45) is 0.322. The van der Waals surface area contributed by atoms with Gasteiger partial charge in [0.05, 0.1) is 20.6 Å². The summed E-state index contributed by atoms with van der Waals surface area (Å²) in [5, 5.41) is 3.12. The zero-order valence-electron chi connectivity index (χ0n) is 10.1. The number of carbonyl (C=O) groups is 1. The number of ether oxygens (including phenoxy) is 2. The van der Waals surface area contributed by atoms with Crippen LogP contribution >= 0.6 is 11.3 Å². The molecule has 0 aliphatic heterocycles. The highest BCUT2D eigenvalue weighted by atomic mass is 32.1. The lowest BCUT2D eigenvalue weighted by Gasteiger charge is -2.05. The molecule has 2 rings (SSSR count). The van der Waals surface area contributed by atoms with Gasteiger partial charge in [-0.3, -0.25) is 4.79 Å². The van der Waals surface area contributed by atoms with Gasteiger partial charge < -0.3 is 9.47 Å². The molecule has 0 aliphatic carbocycles. The lowest BCUT2D eigenvalue weighted by Crippen LogP contribution is -2.03. The zero-order chi connectivity index (χ0) is 12.4. The van der Waals surface area contributed by atoms with E-state index in [4.69, 9.17) is 4.74 Å². The SMILES string of the molecule is COC(=O)Cc1csc2c(C)c(OC)ccc12. The predicted octanol–water partition coefficient (Wildman–Crippen LogP) is 2.93. The average molecular weight is 250 g/mol. The summed E-state index contributed by atoms with van der Waals surface area (Å²) in [5.74, 6) is 0.669. The maximum Gasteiger partial charge on any atom is 0.310 e. The second-order valence-electron chi connectivity index (χ2n) is 3.78. The van der Waals surface area contributed by atoms with Crippen LogP contribution in [0, 0.1) is 6.92 Å². The Hall–Kier alpha value is -1.55. The first kappa shape index (κ1) is 11.9. The number of fused-ring (bicyclic) bond motifs is 1. The summed E-state index contributed by atoms with van der Waals surface area (Å²) < 4.78 is 11.1. The van der Waals surface area contributed by atoms with Gasteiger partial charge >= 0.3 is 5.97 Å². The highest BCUT2D eigenvalue weighted by molar-refractivity contribution is 7.17. The molecule has 0 saturated heterocycles. The van der Waals surface area contributed by atoms with Gasteiger partial charge in [-0.25, -0.2) is 0 Å². The Bertz CT molecular complexity index is 557. The molecule has 17 heavy (non-hydrogen) atoms. The molecule has 0 saturated carbocycles. The third-order valence-corrected chi connectivity index (χ3v) is 3.97. The van der Waals surface area contributed by atoms with Crippen molar-refractivity contribution in [2.24, 2.45) is 0 Å². The van der Waals surface area contributed by atoms with E-state index in [1.54, 1.807) is 18.4 Å². The maximum atomic E-state index is 11.3. The minimum absolute atomic E-state index is 0.210.